The van der Waals surface area contributed by atoms with E-state index in [-0.39, 0.29) is 37.0 Å². The van der Waals surface area contributed by atoms with Crippen molar-refractivity contribution in [3.63, 3.8) is 0 Å². The lowest BCUT2D eigenvalue weighted by atomic mass is 9.93. The molecule has 0 saturated carbocycles. The third-order valence-electron chi connectivity index (χ3n) is 6.79. The number of rotatable bonds is 5. The van der Waals surface area contributed by atoms with Crippen LogP contribution in [0.15, 0.2) is 30.3 Å². The van der Waals surface area contributed by atoms with Gasteiger partial charge in [0.15, 0.2) is 6.04 Å². The highest BCUT2D eigenvalue weighted by atomic mass is 16.6. The lowest BCUT2D eigenvalue weighted by Crippen LogP contribution is -2.53. The average Bonchev–Trinajstić information content (AvgIpc) is 3.25. The van der Waals surface area contributed by atoms with Gasteiger partial charge in [0.05, 0.1) is 6.61 Å². The van der Waals surface area contributed by atoms with Crippen LogP contribution >= 0.6 is 0 Å². The van der Waals surface area contributed by atoms with Crippen LogP contribution in [0.2, 0.25) is 0 Å². The molecule has 9 nitrogen and oxygen atoms in total. The standard InChI is InChI=1S/C24H31N3O6/c1-2-32-23(30)20-16-33-24(31)27(20)19-10-14-26(15-11-19)22(29)18-8-12-25(13-9-18)21(28)17-6-4-3-5-7-17/h3-7,18-20H,2,8-16H2,1H3. The summed E-state index contributed by atoms with van der Waals surface area (Å²) in [6.45, 7) is 4.20. The van der Waals surface area contributed by atoms with Gasteiger partial charge >= 0.3 is 12.1 Å². The zero-order valence-corrected chi connectivity index (χ0v) is 19.0. The molecule has 0 spiro atoms. The maximum Gasteiger partial charge on any atom is 0.410 e. The molecule has 0 N–H and O–H groups in total. The molecule has 0 aliphatic carbocycles. The molecule has 1 atom stereocenters. The zero-order chi connectivity index (χ0) is 23.4. The molecule has 4 rings (SSSR count). The predicted octanol–water partition coefficient (Wildman–Crippen LogP) is 1.91. The summed E-state index contributed by atoms with van der Waals surface area (Å²) in [6.07, 6.45) is 2.01. The Morgan fingerprint density at radius 2 is 1.61 bits per heavy atom. The van der Waals surface area contributed by atoms with Gasteiger partial charge in [0.25, 0.3) is 5.91 Å². The van der Waals surface area contributed by atoms with Gasteiger partial charge < -0.3 is 19.3 Å². The minimum atomic E-state index is -0.712. The summed E-state index contributed by atoms with van der Waals surface area (Å²) < 4.78 is 10.2. The molecule has 0 aromatic heterocycles. The van der Waals surface area contributed by atoms with E-state index in [1.165, 1.54) is 4.90 Å². The van der Waals surface area contributed by atoms with Crippen molar-refractivity contribution in [3.8, 4) is 0 Å². The van der Waals surface area contributed by atoms with Crippen molar-refractivity contribution in [1.29, 1.82) is 0 Å². The number of carbonyl (C=O) groups is 4. The number of likely N-dealkylation sites (tertiary alicyclic amines) is 2. The summed E-state index contributed by atoms with van der Waals surface area (Å²) in [4.78, 5) is 55.3. The van der Waals surface area contributed by atoms with Crippen molar-refractivity contribution in [3.05, 3.63) is 35.9 Å². The molecule has 3 fully saturated rings. The summed E-state index contributed by atoms with van der Waals surface area (Å²) in [6, 6.07) is 8.35. The number of benzene rings is 1. The summed E-state index contributed by atoms with van der Waals surface area (Å²) in [5.74, 6) is -0.411. The molecule has 3 amide bonds. The fourth-order valence-electron chi connectivity index (χ4n) is 4.97. The van der Waals surface area contributed by atoms with Crippen molar-refractivity contribution in [2.24, 2.45) is 5.92 Å². The van der Waals surface area contributed by atoms with Crippen LogP contribution in [0.25, 0.3) is 0 Å². The molecular formula is C24H31N3O6. The van der Waals surface area contributed by atoms with E-state index in [0.29, 0.717) is 57.4 Å². The van der Waals surface area contributed by atoms with E-state index >= 15 is 0 Å². The zero-order valence-electron chi connectivity index (χ0n) is 19.0. The Labute approximate surface area is 193 Å². The Bertz CT molecular complexity index is 875. The van der Waals surface area contributed by atoms with E-state index in [4.69, 9.17) is 9.47 Å². The molecule has 1 unspecified atom stereocenters. The second kappa shape index (κ2) is 10.2. The largest absolute Gasteiger partial charge is 0.464 e. The fraction of sp³-hybridized carbons (Fsp3) is 0.583. The van der Waals surface area contributed by atoms with Crippen molar-refractivity contribution < 1.29 is 28.7 Å². The van der Waals surface area contributed by atoms with E-state index in [2.05, 4.69) is 0 Å². The molecule has 1 aromatic rings. The Morgan fingerprint density at radius 3 is 2.24 bits per heavy atom. The molecule has 178 valence electrons. The van der Waals surface area contributed by atoms with E-state index in [9.17, 15) is 19.2 Å². The van der Waals surface area contributed by atoms with Crippen LogP contribution in [0.5, 0.6) is 0 Å². The van der Waals surface area contributed by atoms with Crippen LogP contribution in [0.4, 0.5) is 4.79 Å². The number of ether oxygens (including phenoxy) is 2. The van der Waals surface area contributed by atoms with Gasteiger partial charge in [0, 0.05) is 43.7 Å². The number of hydrogen-bond donors (Lipinski definition) is 0. The average molecular weight is 458 g/mol. The number of esters is 1. The number of amides is 3. The van der Waals surface area contributed by atoms with Crippen LogP contribution < -0.4 is 0 Å². The predicted molar refractivity (Wildman–Crippen MR) is 118 cm³/mol. The fourth-order valence-corrected chi connectivity index (χ4v) is 4.97. The van der Waals surface area contributed by atoms with Gasteiger partial charge in [-0.05, 0) is 44.7 Å². The molecule has 0 bridgehead atoms. The monoisotopic (exact) mass is 457 g/mol. The van der Waals surface area contributed by atoms with Gasteiger partial charge in [0.1, 0.15) is 6.61 Å². The Hall–Kier alpha value is -3.10. The first-order chi connectivity index (χ1) is 16.0. The van der Waals surface area contributed by atoms with Crippen LogP contribution in [-0.2, 0) is 19.1 Å². The first-order valence-corrected chi connectivity index (χ1v) is 11.7. The van der Waals surface area contributed by atoms with E-state index < -0.39 is 18.1 Å². The third kappa shape index (κ3) is 4.96. The molecule has 3 aliphatic rings. The lowest BCUT2D eigenvalue weighted by molar-refractivity contribution is -0.149. The van der Waals surface area contributed by atoms with Crippen LogP contribution in [0.3, 0.4) is 0 Å². The van der Waals surface area contributed by atoms with E-state index in [1.54, 1.807) is 6.92 Å². The van der Waals surface area contributed by atoms with E-state index in [1.807, 2.05) is 40.1 Å². The number of cyclic esters (lactones) is 1. The van der Waals surface area contributed by atoms with Crippen LogP contribution in [-0.4, -0.2) is 90.1 Å². The summed E-state index contributed by atoms with van der Waals surface area (Å²) in [5, 5.41) is 0. The van der Waals surface area contributed by atoms with Gasteiger partial charge in [-0.3, -0.25) is 14.5 Å². The quantitative estimate of drug-likeness (QED) is 0.627. The maximum atomic E-state index is 13.1. The lowest BCUT2D eigenvalue weighted by Gasteiger charge is -2.39. The van der Waals surface area contributed by atoms with Crippen molar-refractivity contribution in [2.45, 2.75) is 44.7 Å². The van der Waals surface area contributed by atoms with E-state index in [0.717, 1.165) is 0 Å². The molecule has 0 radical (unpaired) electrons. The van der Waals surface area contributed by atoms with Gasteiger partial charge in [-0.15, -0.1) is 0 Å². The topological polar surface area (TPSA) is 96.5 Å². The second-order valence-electron chi connectivity index (χ2n) is 8.74. The SMILES string of the molecule is CCOC(=O)C1COC(=O)N1C1CCN(C(=O)C2CCN(C(=O)c3ccccc3)CC2)CC1. The van der Waals surface area contributed by atoms with Crippen LogP contribution in [0, 0.1) is 5.92 Å². The van der Waals surface area contributed by atoms with Gasteiger partial charge in [-0.1, -0.05) is 18.2 Å². The van der Waals surface area contributed by atoms with Gasteiger partial charge in [0.2, 0.25) is 5.91 Å². The highest BCUT2D eigenvalue weighted by molar-refractivity contribution is 5.94. The van der Waals surface area contributed by atoms with Crippen molar-refractivity contribution in [2.75, 3.05) is 39.4 Å². The van der Waals surface area contributed by atoms with Crippen molar-refractivity contribution in [1.82, 2.24) is 14.7 Å². The Kier molecular flexibility index (Phi) is 7.15. The second-order valence-corrected chi connectivity index (χ2v) is 8.74. The number of piperidine rings is 2. The maximum absolute atomic E-state index is 13.1. The number of hydrogen-bond acceptors (Lipinski definition) is 6. The molecule has 33 heavy (non-hydrogen) atoms. The molecule has 3 aliphatic heterocycles. The normalized spacial score (nSPS) is 22.3. The van der Waals surface area contributed by atoms with Gasteiger partial charge in [-0.25, -0.2) is 9.59 Å². The third-order valence-corrected chi connectivity index (χ3v) is 6.79. The summed E-state index contributed by atoms with van der Waals surface area (Å²) >= 11 is 0. The first-order valence-electron chi connectivity index (χ1n) is 11.7. The molecular weight excluding hydrogens is 426 g/mol. The van der Waals surface area contributed by atoms with Crippen molar-refractivity contribution >= 4 is 23.9 Å². The minimum absolute atomic E-state index is 0.0102. The van der Waals surface area contributed by atoms with Gasteiger partial charge in [-0.2, -0.15) is 0 Å². The summed E-state index contributed by atoms with van der Waals surface area (Å²) in [7, 11) is 0. The minimum Gasteiger partial charge on any atom is -0.464 e. The molecule has 3 heterocycles. The number of nitrogens with zero attached hydrogens (tertiary/aromatic N) is 3. The Balaban J connectivity index is 1.27. The smallest absolute Gasteiger partial charge is 0.410 e. The Morgan fingerprint density at radius 1 is 0.970 bits per heavy atom. The highest BCUT2D eigenvalue weighted by Crippen LogP contribution is 2.27. The summed E-state index contributed by atoms with van der Waals surface area (Å²) in [5.41, 5.74) is 0.672. The molecule has 3 saturated heterocycles. The molecule has 1 aromatic carbocycles. The number of carbonyl (C=O) groups excluding carboxylic acids is 4. The molecule has 9 heteroatoms. The first kappa shape index (κ1) is 23.1. The van der Waals surface area contributed by atoms with Crippen LogP contribution in [0.1, 0.15) is 43.0 Å². The highest BCUT2D eigenvalue weighted by Gasteiger charge is 2.44.